The molecule has 0 spiro atoms. The van der Waals surface area contributed by atoms with Gasteiger partial charge in [0.1, 0.15) is 0 Å². The minimum absolute atomic E-state index is 0.450. The van der Waals surface area contributed by atoms with E-state index in [0.717, 1.165) is 36.6 Å². The van der Waals surface area contributed by atoms with Crippen LogP contribution in [0.4, 0.5) is 0 Å². The quantitative estimate of drug-likeness (QED) is 0.786. The van der Waals surface area contributed by atoms with E-state index in [-0.39, 0.29) is 0 Å². The number of unbranched alkanes of at least 4 members (excludes halogenated alkanes) is 3. The number of aliphatic hydroxyl groups is 1. The van der Waals surface area contributed by atoms with Crippen molar-refractivity contribution in [2.24, 2.45) is 0 Å². The Morgan fingerprint density at radius 2 is 2.06 bits per heavy atom. The van der Waals surface area contributed by atoms with E-state index >= 15 is 0 Å². The number of aryl methyl sites for hydroxylation is 1. The Labute approximate surface area is 119 Å². The summed E-state index contributed by atoms with van der Waals surface area (Å²) in [6.07, 6.45) is 8.70. The Bertz CT molecular complexity index is 402. The lowest BCUT2D eigenvalue weighted by atomic mass is 9.78. The van der Waals surface area contributed by atoms with Crippen LogP contribution in [0.15, 0.2) is 22.7 Å². The molecule has 1 aliphatic carbocycles. The average molecular weight is 311 g/mol. The van der Waals surface area contributed by atoms with Crippen molar-refractivity contribution >= 4 is 15.9 Å². The molecule has 1 aromatic carbocycles. The third-order valence-corrected chi connectivity index (χ3v) is 4.54. The van der Waals surface area contributed by atoms with Gasteiger partial charge in [-0.25, -0.2) is 0 Å². The van der Waals surface area contributed by atoms with Gasteiger partial charge in [0, 0.05) is 10.9 Å². The molecule has 0 saturated carbocycles. The molecule has 0 aromatic heterocycles. The van der Waals surface area contributed by atoms with Crippen LogP contribution in [0.1, 0.15) is 56.6 Å². The van der Waals surface area contributed by atoms with Crippen molar-refractivity contribution in [3.8, 4) is 0 Å². The van der Waals surface area contributed by atoms with Crippen LogP contribution in [0.3, 0.4) is 0 Å². The Morgan fingerprint density at radius 3 is 2.83 bits per heavy atom. The van der Waals surface area contributed by atoms with Crippen LogP contribution in [-0.2, 0) is 12.8 Å². The zero-order chi connectivity index (χ0) is 13.0. The van der Waals surface area contributed by atoms with Crippen LogP contribution in [-0.4, -0.2) is 10.7 Å². The molecular formula is C16H23BrO. The molecule has 1 aromatic rings. The van der Waals surface area contributed by atoms with Crippen molar-refractivity contribution < 1.29 is 5.11 Å². The maximum Gasteiger partial charge on any atom is 0.0691 e. The van der Waals surface area contributed by atoms with Gasteiger partial charge in [0.2, 0.25) is 0 Å². The van der Waals surface area contributed by atoms with Crippen LogP contribution in [0.5, 0.6) is 0 Å². The molecule has 0 amide bonds. The standard InChI is InChI=1S/C16H23BrO/c1-2-3-4-5-9-16(18)10-8-13-11-15(17)7-6-14(13)12-16/h6-7,11,18H,2-5,8-10,12H2,1H3. The summed E-state index contributed by atoms with van der Waals surface area (Å²) in [6, 6.07) is 6.45. The molecule has 0 heterocycles. The minimum atomic E-state index is -0.450. The first-order chi connectivity index (χ1) is 8.63. The molecule has 0 fully saturated rings. The first-order valence-electron chi connectivity index (χ1n) is 7.13. The first kappa shape index (κ1) is 14.1. The molecule has 1 N–H and O–H groups in total. The Kier molecular flexibility index (Phi) is 4.85. The fourth-order valence-corrected chi connectivity index (χ4v) is 3.31. The van der Waals surface area contributed by atoms with Gasteiger partial charge in [0.25, 0.3) is 0 Å². The lowest BCUT2D eigenvalue weighted by Gasteiger charge is -2.33. The van der Waals surface area contributed by atoms with Gasteiger partial charge in [-0.1, -0.05) is 54.6 Å². The SMILES string of the molecule is CCCCCCC1(O)CCc2cc(Br)ccc2C1. The summed E-state index contributed by atoms with van der Waals surface area (Å²) in [5, 5.41) is 10.7. The molecule has 100 valence electrons. The van der Waals surface area contributed by atoms with E-state index < -0.39 is 5.60 Å². The van der Waals surface area contributed by atoms with Crippen LogP contribution in [0.25, 0.3) is 0 Å². The summed E-state index contributed by atoms with van der Waals surface area (Å²) in [7, 11) is 0. The van der Waals surface area contributed by atoms with Gasteiger partial charge in [-0.2, -0.15) is 0 Å². The van der Waals surface area contributed by atoms with Gasteiger partial charge in [-0.05, 0) is 42.5 Å². The van der Waals surface area contributed by atoms with Crippen LogP contribution in [0.2, 0.25) is 0 Å². The van der Waals surface area contributed by atoms with Crippen LogP contribution < -0.4 is 0 Å². The highest BCUT2D eigenvalue weighted by Gasteiger charge is 2.31. The molecular weight excluding hydrogens is 288 g/mol. The van der Waals surface area contributed by atoms with E-state index in [2.05, 4.69) is 41.1 Å². The third-order valence-electron chi connectivity index (χ3n) is 4.04. The second kappa shape index (κ2) is 6.21. The van der Waals surface area contributed by atoms with Crippen molar-refractivity contribution in [2.75, 3.05) is 0 Å². The second-order valence-electron chi connectivity index (χ2n) is 5.62. The lowest BCUT2D eigenvalue weighted by molar-refractivity contribution is 0.0155. The molecule has 2 heteroatoms. The molecule has 1 aliphatic rings. The number of fused-ring (bicyclic) bond motifs is 1. The first-order valence-corrected chi connectivity index (χ1v) is 7.92. The normalized spacial score (nSPS) is 22.8. The number of halogens is 1. The number of hydrogen-bond acceptors (Lipinski definition) is 1. The maximum atomic E-state index is 10.7. The Balaban J connectivity index is 1.95. The van der Waals surface area contributed by atoms with Gasteiger partial charge < -0.3 is 5.11 Å². The monoisotopic (exact) mass is 310 g/mol. The van der Waals surface area contributed by atoms with E-state index in [0.29, 0.717) is 0 Å². The molecule has 1 nitrogen and oxygen atoms in total. The average Bonchev–Trinajstić information content (AvgIpc) is 2.35. The summed E-state index contributed by atoms with van der Waals surface area (Å²) in [4.78, 5) is 0. The number of benzene rings is 1. The van der Waals surface area contributed by atoms with Crippen molar-refractivity contribution in [3.63, 3.8) is 0 Å². The van der Waals surface area contributed by atoms with Gasteiger partial charge in [0.15, 0.2) is 0 Å². The van der Waals surface area contributed by atoms with Crippen molar-refractivity contribution in [1.29, 1.82) is 0 Å². The minimum Gasteiger partial charge on any atom is -0.390 e. The molecule has 1 unspecified atom stereocenters. The summed E-state index contributed by atoms with van der Waals surface area (Å²) in [5.74, 6) is 0. The third kappa shape index (κ3) is 3.58. The summed E-state index contributed by atoms with van der Waals surface area (Å²) in [5.41, 5.74) is 2.29. The zero-order valence-electron chi connectivity index (χ0n) is 11.2. The number of rotatable bonds is 5. The van der Waals surface area contributed by atoms with E-state index in [1.807, 2.05) is 0 Å². The predicted octanol–water partition coefficient (Wildman–Crippen LogP) is 4.64. The zero-order valence-corrected chi connectivity index (χ0v) is 12.8. The van der Waals surface area contributed by atoms with E-state index in [1.54, 1.807) is 0 Å². The fourth-order valence-electron chi connectivity index (χ4n) is 2.90. The van der Waals surface area contributed by atoms with Gasteiger partial charge in [-0.15, -0.1) is 0 Å². The van der Waals surface area contributed by atoms with Crippen LogP contribution >= 0.6 is 15.9 Å². The highest BCUT2D eigenvalue weighted by atomic mass is 79.9. The summed E-state index contributed by atoms with van der Waals surface area (Å²) < 4.78 is 1.15. The molecule has 0 saturated heterocycles. The largest absolute Gasteiger partial charge is 0.390 e. The summed E-state index contributed by atoms with van der Waals surface area (Å²) in [6.45, 7) is 2.23. The molecule has 2 rings (SSSR count). The summed E-state index contributed by atoms with van der Waals surface area (Å²) >= 11 is 3.52. The van der Waals surface area contributed by atoms with Crippen molar-refractivity contribution in [3.05, 3.63) is 33.8 Å². The van der Waals surface area contributed by atoms with Crippen LogP contribution in [0, 0.1) is 0 Å². The van der Waals surface area contributed by atoms with E-state index in [4.69, 9.17) is 0 Å². The van der Waals surface area contributed by atoms with E-state index in [9.17, 15) is 5.11 Å². The Hall–Kier alpha value is -0.340. The molecule has 0 bridgehead atoms. The molecule has 1 atom stereocenters. The Morgan fingerprint density at radius 1 is 1.22 bits per heavy atom. The molecule has 18 heavy (non-hydrogen) atoms. The van der Waals surface area contributed by atoms with Gasteiger partial charge in [-0.3, -0.25) is 0 Å². The fraction of sp³-hybridized carbons (Fsp3) is 0.625. The topological polar surface area (TPSA) is 20.2 Å². The lowest BCUT2D eigenvalue weighted by Crippen LogP contribution is -2.35. The van der Waals surface area contributed by atoms with Gasteiger partial charge >= 0.3 is 0 Å². The van der Waals surface area contributed by atoms with E-state index in [1.165, 1.54) is 30.4 Å². The van der Waals surface area contributed by atoms with Gasteiger partial charge in [0.05, 0.1) is 5.60 Å². The predicted molar refractivity (Wildman–Crippen MR) is 79.9 cm³/mol. The highest BCUT2D eigenvalue weighted by molar-refractivity contribution is 9.10. The maximum absolute atomic E-state index is 10.7. The smallest absolute Gasteiger partial charge is 0.0691 e. The highest BCUT2D eigenvalue weighted by Crippen LogP contribution is 2.33. The molecule has 0 aliphatic heterocycles. The molecule has 0 radical (unpaired) electrons. The number of hydrogen-bond donors (Lipinski definition) is 1. The second-order valence-corrected chi connectivity index (χ2v) is 6.54. The van der Waals surface area contributed by atoms with Crippen molar-refractivity contribution in [2.45, 2.75) is 63.9 Å². The van der Waals surface area contributed by atoms with Crippen molar-refractivity contribution in [1.82, 2.24) is 0 Å².